The van der Waals surface area contributed by atoms with Crippen molar-refractivity contribution in [2.24, 2.45) is 0 Å². The van der Waals surface area contributed by atoms with Gasteiger partial charge in [0.05, 0.1) is 17.5 Å². The molecule has 3 aliphatic rings. The number of aromatic nitrogens is 7. The lowest BCUT2D eigenvalue weighted by molar-refractivity contribution is 0.0557. The number of piperidine rings is 1. The van der Waals surface area contributed by atoms with Crippen molar-refractivity contribution in [1.29, 1.82) is 0 Å². The molecule has 1 amide bonds. The highest BCUT2D eigenvalue weighted by molar-refractivity contribution is 5.91. The molecule has 2 saturated heterocycles. The number of nitrogens with zero attached hydrogens (tertiary/aromatic N) is 7. The van der Waals surface area contributed by atoms with Gasteiger partial charge in [-0.15, -0.1) is 10.2 Å². The lowest BCUT2D eigenvalue weighted by Gasteiger charge is -2.39. The molecule has 10 nitrogen and oxygen atoms in total. The average molecular weight is 480 g/mol. The first-order valence-electron chi connectivity index (χ1n) is 12.4. The monoisotopic (exact) mass is 479 g/mol. The summed E-state index contributed by atoms with van der Waals surface area (Å²) in [5, 5.41) is 12.3. The zero-order chi connectivity index (χ0) is 24.2. The normalized spacial score (nSPS) is 23.0. The molecule has 180 valence electrons. The first-order chi connectivity index (χ1) is 17.7. The fraction of sp³-hybridized carbons (Fsp3) is 0.385. The third-order valence-electron chi connectivity index (χ3n) is 7.71. The van der Waals surface area contributed by atoms with Crippen LogP contribution >= 0.6 is 0 Å². The Morgan fingerprint density at radius 1 is 1.08 bits per heavy atom. The van der Waals surface area contributed by atoms with E-state index in [2.05, 4.69) is 37.1 Å². The standard InChI is InChI=1S/C26H25N9O/c27-23-21(16-5-6-16)22(32-25-17(13-31-35(23)25)4-3-15-2-1-9-28-12-15)18-10-19-7-8-20(11-18)34(19)26(36)24-29-14-30-33-24/h1-2,9,12-14,16,18-20H,5-8,10-11,27H2,(H,29,30,33)/t18-,19-,20+. The zero-order valence-electron chi connectivity index (χ0n) is 19.6. The molecule has 2 bridgehead atoms. The summed E-state index contributed by atoms with van der Waals surface area (Å²) < 4.78 is 1.74. The number of hydrogen-bond donors (Lipinski definition) is 2. The maximum Gasteiger partial charge on any atom is 0.292 e. The summed E-state index contributed by atoms with van der Waals surface area (Å²) in [4.78, 5) is 27.3. The quantitative estimate of drug-likeness (QED) is 0.432. The van der Waals surface area contributed by atoms with E-state index in [-0.39, 0.29) is 23.9 Å². The van der Waals surface area contributed by atoms with Gasteiger partial charge in [-0.05, 0) is 56.6 Å². The Kier molecular flexibility index (Phi) is 4.77. The summed E-state index contributed by atoms with van der Waals surface area (Å²) in [6.45, 7) is 0. The van der Waals surface area contributed by atoms with E-state index in [0.717, 1.165) is 60.9 Å². The number of rotatable bonds is 3. The third kappa shape index (κ3) is 3.42. The zero-order valence-corrected chi connectivity index (χ0v) is 19.6. The Morgan fingerprint density at radius 2 is 1.92 bits per heavy atom. The minimum absolute atomic E-state index is 0.0625. The fourth-order valence-electron chi connectivity index (χ4n) is 5.98. The van der Waals surface area contributed by atoms with E-state index in [1.54, 1.807) is 23.1 Å². The van der Waals surface area contributed by atoms with Gasteiger partial charge in [0.2, 0.25) is 5.82 Å². The van der Waals surface area contributed by atoms with Gasteiger partial charge < -0.3 is 15.6 Å². The van der Waals surface area contributed by atoms with Crippen LogP contribution < -0.4 is 5.73 Å². The number of carbonyl (C=O) groups is 1. The number of nitrogen functional groups attached to an aromatic ring is 1. The number of fused-ring (bicyclic) bond motifs is 3. The summed E-state index contributed by atoms with van der Waals surface area (Å²) >= 11 is 0. The van der Waals surface area contributed by atoms with E-state index >= 15 is 0 Å². The molecule has 1 saturated carbocycles. The molecule has 4 aromatic rings. The molecule has 3 N–H and O–H groups in total. The highest BCUT2D eigenvalue weighted by atomic mass is 16.2. The Hall–Kier alpha value is -4.26. The molecule has 1 aliphatic carbocycles. The molecule has 0 aromatic carbocycles. The van der Waals surface area contributed by atoms with Crippen molar-refractivity contribution >= 4 is 17.4 Å². The number of hydrogen-bond acceptors (Lipinski definition) is 7. The topological polar surface area (TPSA) is 131 Å². The predicted octanol–water partition coefficient (Wildman–Crippen LogP) is 2.65. The molecular formula is C26H25N9O. The van der Waals surface area contributed by atoms with Gasteiger partial charge in [0, 0.05) is 41.5 Å². The minimum Gasteiger partial charge on any atom is -0.383 e. The van der Waals surface area contributed by atoms with E-state index in [0.29, 0.717) is 23.2 Å². The molecule has 36 heavy (non-hydrogen) atoms. The Bertz CT molecular complexity index is 1500. The van der Waals surface area contributed by atoms with Gasteiger partial charge in [0.25, 0.3) is 5.91 Å². The van der Waals surface area contributed by atoms with Crippen LogP contribution in [0.1, 0.15) is 83.4 Å². The highest BCUT2D eigenvalue weighted by Crippen LogP contribution is 2.50. The molecule has 3 fully saturated rings. The number of carbonyl (C=O) groups excluding carboxylic acids is 1. The van der Waals surface area contributed by atoms with E-state index in [1.807, 2.05) is 17.0 Å². The van der Waals surface area contributed by atoms with Crippen molar-refractivity contribution in [3.8, 4) is 11.8 Å². The second kappa shape index (κ2) is 8.16. The van der Waals surface area contributed by atoms with Crippen LogP contribution in [0.2, 0.25) is 0 Å². The van der Waals surface area contributed by atoms with Crippen molar-refractivity contribution in [2.45, 2.75) is 62.4 Å². The average Bonchev–Trinajstić information content (AvgIpc) is 3.30. The third-order valence-corrected chi connectivity index (χ3v) is 7.71. The maximum absolute atomic E-state index is 13.1. The summed E-state index contributed by atoms with van der Waals surface area (Å²) in [5.74, 6) is 7.95. The van der Waals surface area contributed by atoms with Crippen LogP contribution in [0.3, 0.4) is 0 Å². The van der Waals surface area contributed by atoms with Crippen LogP contribution in [0.4, 0.5) is 5.82 Å². The fourth-order valence-corrected chi connectivity index (χ4v) is 5.98. The van der Waals surface area contributed by atoms with E-state index in [4.69, 9.17) is 10.7 Å². The lowest BCUT2D eigenvalue weighted by atomic mass is 9.85. The molecule has 0 radical (unpaired) electrons. The van der Waals surface area contributed by atoms with Gasteiger partial charge in [0.15, 0.2) is 5.65 Å². The first kappa shape index (κ1) is 21.1. The Morgan fingerprint density at radius 3 is 2.61 bits per heavy atom. The highest BCUT2D eigenvalue weighted by Gasteiger charge is 2.46. The second-order valence-electron chi connectivity index (χ2n) is 9.96. The number of H-pyrrole nitrogens is 1. The van der Waals surface area contributed by atoms with Gasteiger partial charge in [-0.25, -0.2) is 4.98 Å². The lowest BCUT2D eigenvalue weighted by Crippen LogP contribution is -2.46. The Labute approximate surface area is 207 Å². The van der Waals surface area contributed by atoms with Crippen molar-refractivity contribution in [2.75, 3.05) is 5.73 Å². The number of nitrogens with two attached hydrogens (primary N) is 1. The van der Waals surface area contributed by atoms with E-state index in [1.165, 1.54) is 6.33 Å². The van der Waals surface area contributed by atoms with Gasteiger partial charge in [-0.1, -0.05) is 11.8 Å². The minimum atomic E-state index is -0.0625. The van der Waals surface area contributed by atoms with Crippen LogP contribution in [0.25, 0.3) is 5.65 Å². The van der Waals surface area contributed by atoms with Crippen LogP contribution in [0.5, 0.6) is 0 Å². The molecule has 0 spiro atoms. The number of pyridine rings is 1. The number of nitrogens with one attached hydrogen (secondary N) is 1. The summed E-state index contributed by atoms with van der Waals surface area (Å²) in [6, 6.07) is 4.11. The molecule has 3 atom stereocenters. The summed E-state index contributed by atoms with van der Waals surface area (Å²) in [7, 11) is 0. The van der Waals surface area contributed by atoms with Gasteiger partial charge in [-0.3, -0.25) is 9.78 Å². The molecule has 6 heterocycles. The second-order valence-corrected chi connectivity index (χ2v) is 9.96. The maximum atomic E-state index is 13.1. The van der Waals surface area contributed by atoms with Crippen molar-refractivity contribution in [3.63, 3.8) is 0 Å². The first-order valence-corrected chi connectivity index (χ1v) is 12.4. The SMILES string of the molecule is Nc1c(C2CC2)c([C@@H]2C[C@H]3CC[C@@H](C2)N3C(=O)c2nnc[nH]2)nc2c(C#Cc3cccnc3)cnn12. The Balaban J connectivity index is 1.26. The number of anilines is 1. The molecule has 2 aliphatic heterocycles. The predicted molar refractivity (Wildman–Crippen MR) is 131 cm³/mol. The van der Waals surface area contributed by atoms with E-state index in [9.17, 15) is 4.79 Å². The number of aromatic amines is 1. The van der Waals surface area contributed by atoms with Gasteiger partial charge in [0.1, 0.15) is 12.1 Å². The van der Waals surface area contributed by atoms with E-state index < -0.39 is 0 Å². The largest absolute Gasteiger partial charge is 0.383 e. The molecule has 4 aromatic heterocycles. The van der Waals surface area contributed by atoms with Crippen LogP contribution in [-0.2, 0) is 0 Å². The molecule has 7 rings (SSSR count). The van der Waals surface area contributed by atoms with Crippen LogP contribution in [0.15, 0.2) is 37.1 Å². The molecular weight excluding hydrogens is 454 g/mol. The molecule has 10 heteroatoms. The summed E-state index contributed by atoms with van der Waals surface area (Å²) in [6.07, 6.45) is 12.6. The van der Waals surface area contributed by atoms with Crippen molar-refractivity contribution in [3.05, 3.63) is 65.3 Å². The van der Waals surface area contributed by atoms with Crippen molar-refractivity contribution < 1.29 is 4.79 Å². The summed E-state index contributed by atoms with van der Waals surface area (Å²) in [5.41, 5.74) is 11.2. The number of amides is 1. The van der Waals surface area contributed by atoms with Crippen LogP contribution in [-0.4, -0.2) is 57.7 Å². The molecule has 0 unspecified atom stereocenters. The van der Waals surface area contributed by atoms with Crippen LogP contribution in [0, 0.1) is 11.8 Å². The van der Waals surface area contributed by atoms with Gasteiger partial charge in [-0.2, -0.15) is 9.61 Å². The smallest absolute Gasteiger partial charge is 0.292 e. The van der Waals surface area contributed by atoms with Gasteiger partial charge >= 0.3 is 0 Å². The van der Waals surface area contributed by atoms with Crippen molar-refractivity contribution in [1.82, 2.24) is 39.7 Å².